The van der Waals surface area contributed by atoms with Crippen molar-refractivity contribution in [1.82, 2.24) is 0 Å². The van der Waals surface area contributed by atoms with Crippen molar-refractivity contribution in [2.45, 2.75) is 33.3 Å². The summed E-state index contributed by atoms with van der Waals surface area (Å²) >= 11 is 11.8. The molecular formula is C15H16Cl2O3. The van der Waals surface area contributed by atoms with Crippen molar-refractivity contribution in [3.05, 3.63) is 39.4 Å². The molecule has 20 heavy (non-hydrogen) atoms. The van der Waals surface area contributed by atoms with Crippen molar-refractivity contribution < 1.29 is 14.3 Å². The number of Topliss-reactive ketones (excluding diaryl/α,β-unsaturated/α-hetero) is 1. The summed E-state index contributed by atoms with van der Waals surface area (Å²) < 4.78 is 5.20. The fraction of sp³-hybridized carbons (Fsp3) is 0.333. The fourth-order valence-corrected chi connectivity index (χ4v) is 1.87. The zero-order chi connectivity index (χ0) is 15.5. The minimum atomic E-state index is -0.671. The van der Waals surface area contributed by atoms with Crippen LogP contribution in [0.4, 0.5) is 0 Å². The van der Waals surface area contributed by atoms with Gasteiger partial charge in [0.25, 0.3) is 0 Å². The van der Waals surface area contributed by atoms with Gasteiger partial charge in [-0.15, -0.1) is 0 Å². The predicted molar refractivity (Wildman–Crippen MR) is 81.0 cm³/mol. The molecule has 0 spiro atoms. The Kier molecular flexibility index (Phi) is 5.37. The largest absolute Gasteiger partial charge is 0.456 e. The molecule has 0 amide bonds. The Balaban J connectivity index is 3.17. The highest BCUT2D eigenvalue weighted by Gasteiger charge is 2.22. The molecule has 0 unspecified atom stereocenters. The van der Waals surface area contributed by atoms with Crippen LogP contribution >= 0.6 is 23.2 Å². The van der Waals surface area contributed by atoms with Gasteiger partial charge in [-0.3, -0.25) is 4.79 Å². The Hall–Kier alpha value is -1.32. The lowest BCUT2D eigenvalue weighted by molar-refractivity contribution is -0.150. The maximum Gasteiger partial charge on any atom is 0.342 e. The van der Waals surface area contributed by atoms with Crippen LogP contribution in [0.5, 0.6) is 0 Å². The van der Waals surface area contributed by atoms with Gasteiger partial charge < -0.3 is 4.74 Å². The Morgan fingerprint density at radius 2 is 1.80 bits per heavy atom. The molecule has 0 atom stereocenters. The van der Waals surface area contributed by atoms with E-state index in [0.717, 1.165) is 0 Å². The summed E-state index contributed by atoms with van der Waals surface area (Å²) in [4.78, 5) is 23.6. The van der Waals surface area contributed by atoms with E-state index in [4.69, 9.17) is 27.9 Å². The third-order valence-corrected chi connectivity index (χ3v) is 2.82. The van der Waals surface area contributed by atoms with E-state index in [1.165, 1.54) is 13.0 Å². The Morgan fingerprint density at radius 3 is 2.25 bits per heavy atom. The first-order chi connectivity index (χ1) is 9.10. The molecule has 0 aromatic heterocycles. The van der Waals surface area contributed by atoms with Crippen molar-refractivity contribution in [3.8, 4) is 0 Å². The summed E-state index contributed by atoms with van der Waals surface area (Å²) in [5, 5.41) is 0.841. The maximum absolute atomic E-state index is 12.0. The van der Waals surface area contributed by atoms with Gasteiger partial charge in [0.15, 0.2) is 5.78 Å². The summed E-state index contributed by atoms with van der Waals surface area (Å²) in [6.45, 7) is 6.51. The van der Waals surface area contributed by atoms with Crippen molar-refractivity contribution in [2.75, 3.05) is 0 Å². The molecule has 108 valence electrons. The first kappa shape index (κ1) is 16.7. The number of hydrogen-bond donors (Lipinski definition) is 0. The van der Waals surface area contributed by atoms with E-state index in [1.807, 2.05) is 0 Å². The van der Waals surface area contributed by atoms with Gasteiger partial charge in [0.2, 0.25) is 0 Å². The molecule has 0 saturated carbocycles. The highest BCUT2D eigenvalue weighted by atomic mass is 35.5. The van der Waals surface area contributed by atoms with Gasteiger partial charge in [-0.25, -0.2) is 4.79 Å². The van der Waals surface area contributed by atoms with Crippen LogP contribution in [0.2, 0.25) is 10.0 Å². The van der Waals surface area contributed by atoms with E-state index in [-0.39, 0.29) is 11.4 Å². The van der Waals surface area contributed by atoms with Crippen LogP contribution in [0.3, 0.4) is 0 Å². The number of benzene rings is 1. The quantitative estimate of drug-likeness (QED) is 0.361. The fourth-order valence-electron chi connectivity index (χ4n) is 1.41. The van der Waals surface area contributed by atoms with E-state index in [0.29, 0.717) is 15.6 Å². The zero-order valence-corrected chi connectivity index (χ0v) is 13.3. The van der Waals surface area contributed by atoms with Gasteiger partial charge in [-0.2, -0.15) is 0 Å². The van der Waals surface area contributed by atoms with Crippen LogP contribution in [0.15, 0.2) is 23.8 Å². The standard InChI is InChI=1S/C15H16Cl2O3/c1-9(18)12(14(19)20-15(2,3)4)7-10-5-6-11(16)8-13(10)17/h5-8H,1-4H3/b12-7+. The number of ether oxygens (including phenoxy) is 1. The van der Waals surface area contributed by atoms with Crippen LogP contribution in [0.1, 0.15) is 33.3 Å². The predicted octanol–water partition coefficient (Wildman–Crippen LogP) is 4.31. The van der Waals surface area contributed by atoms with Crippen LogP contribution in [-0.4, -0.2) is 17.4 Å². The Labute approximate surface area is 128 Å². The molecule has 1 aromatic carbocycles. The summed E-state index contributed by atoms with van der Waals surface area (Å²) in [5.74, 6) is -1.05. The highest BCUT2D eigenvalue weighted by molar-refractivity contribution is 6.35. The van der Waals surface area contributed by atoms with E-state index in [2.05, 4.69) is 0 Å². The van der Waals surface area contributed by atoms with Gasteiger partial charge in [-0.05, 0) is 51.5 Å². The molecule has 0 aliphatic heterocycles. The number of rotatable bonds is 3. The van der Waals surface area contributed by atoms with Gasteiger partial charge in [0.05, 0.1) is 0 Å². The zero-order valence-electron chi connectivity index (χ0n) is 11.8. The number of hydrogen-bond acceptors (Lipinski definition) is 3. The second-order valence-electron chi connectivity index (χ2n) is 5.28. The second kappa shape index (κ2) is 6.42. The number of carbonyl (C=O) groups excluding carboxylic acids is 2. The lowest BCUT2D eigenvalue weighted by atomic mass is 10.1. The van der Waals surface area contributed by atoms with Gasteiger partial charge in [0.1, 0.15) is 11.2 Å². The van der Waals surface area contributed by atoms with Gasteiger partial charge in [0, 0.05) is 10.0 Å². The molecule has 0 aliphatic rings. The van der Waals surface area contributed by atoms with Crippen LogP contribution in [0, 0.1) is 0 Å². The Bertz CT molecular complexity index is 569. The van der Waals surface area contributed by atoms with Crippen molar-refractivity contribution in [3.63, 3.8) is 0 Å². The normalized spacial score (nSPS) is 12.2. The second-order valence-corrected chi connectivity index (χ2v) is 6.13. The molecule has 1 rings (SSSR count). The number of ketones is 1. The lowest BCUT2D eigenvalue weighted by Crippen LogP contribution is -2.26. The van der Waals surface area contributed by atoms with E-state index >= 15 is 0 Å². The maximum atomic E-state index is 12.0. The molecule has 0 fully saturated rings. The number of carbonyl (C=O) groups is 2. The summed E-state index contributed by atoms with van der Waals surface area (Å²) in [7, 11) is 0. The van der Waals surface area contributed by atoms with E-state index < -0.39 is 11.6 Å². The average molecular weight is 315 g/mol. The third-order valence-electron chi connectivity index (χ3n) is 2.26. The molecule has 1 aromatic rings. The molecule has 5 heteroatoms. The van der Waals surface area contributed by atoms with Gasteiger partial charge in [-0.1, -0.05) is 29.3 Å². The topological polar surface area (TPSA) is 43.4 Å². The van der Waals surface area contributed by atoms with Crippen LogP contribution in [-0.2, 0) is 14.3 Å². The first-order valence-electron chi connectivity index (χ1n) is 6.01. The molecule has 0 radical (unpaired) electrons. The summed E-state index contributed by atoms with van der Waals surface area (Å²) in [5.41, 5.74) is -0.189. The van der Waals surface area contributed by atoms with E-state index in [1.54, 1.807) is 39.0 Å². The van der Waals surface area contributed by atoms with Crippen molar-refractivity contribution in [1.29, 1.82) is 0 Å². The summed E-state index contributed by atoms with van der Waals surface area (Å²) in [6.07, 6.45) is 1.41. The smallest absolute Gasteiger partial charge is 0.342 e. The number of halogens is 2. The molecule has 0 saturated heterocycles. The molecule has 0 N–H and O–H groups in total. The van der Waals surface area contributed by atoms with Crippen LogP contribution < -0.4 is 0 Å². The molecule has 3 nitrogen and oxygen atoms in total. The third kappa shape index (κ3) is 4.99. The molecule has 0 bridgehead atoms. The first-order valence-corrected chi connectivity index (χ1v) is 6.77. The monoisotopic (exact) mass is 314 g/mol. The number of esters is 1. The Morgan fingerprint density at radius 1 is 1.20 bits per heavy atom. The van der Waals surface area contributed by atoms with Crippen molar-refractivity contribution in [2.24, 2.45) is 0 Å². The van der Waals surface area contributed by atoms with Crippen molar-refractivity contribution >= 4 is 41.0 Å². The van der Waals surface area contributed by atoms with Gasteiger partial charge >= 0.3 is 5.97 Å². The highest BCUT2D eigenvalue weighted by Crippen LogP contribution is 2.24. The summed E-state index contributed by atoms with van der Waals surface area (Å²) in [6, 6.07) is 4.81. The minimum absolute atomic E-state index is 0.0517. The lowest BCUT2D eigenvalue weighted by Gasteiger charge is -2.20. The van der Waals surface area contributed by atoms with E-state index in [9.17, 15) is 9.59 Å². The molecule has 0 heterocycles. The SMILES string of the molecule is CC(=O)/C(=C\c1ccc(Cl)cc1Cl)C(=O)OC(C)(C)C. The van der Waals surface area contributed by atoms with Crippen LogP contribution in [0.25, 0.3) is 6.08 Å². The average Bonchev–Trinajstić information content (AvgIpc) is 2.24. The molecule has 0 aliphatic carbocycles. The molecular weight excluding hydrogens is 299 g/mol. The minimum Gasteiger partial charge on any atom is -0.456 e.